The molecule has 2 atom stereocenters. The number of nitrogens with two attached hydrogens (primary N) is 2. The van der Waals surface area contributed by atoms with Gasteiger partial charge in [-0.2, -0.15) is 0 Å². The molecular formula is C5H10N2O. The predicted molar refractivity (Wildman–Crippen MR) is 30.2 cm³/mol. The number of ketones is 1. The zero-order valence-corrected chi connectivity index (χ0v) is 4.85. The summed E-state index contributed by atoms with van der Waals surface area (Å²) in [5.74, 6) is 0.00463. The lowest BCUT2D eigenvalue weighted by atomic mass is 10.2. The third-order valence-corrected chi connectivity index (χ3v) is 1.71. The molecule has 0 heterocycles. The zero-order valence-electron chi connectivity index (χ0n) is 4.85. The van der Waals surface area contributed by atoms with Gasteiger partial charge >= 0.3 is 0 Å². The van der Waals surface area contributed by atoms with E-state index >= 15 is 0 Å². The molecule has 0 aromatic carbocycles. The lowest BCUT2D eigenvalue weighted by molar-refractivity contribution is -0.119. The molecule has 3 nitrogen and oxygen atoms in total. The van der Waals surface area contributed by atoms with E-state index < -0.39 is 5.54 Å². The maximum absolute atomic E-state index is 10.5. The van der Waals surface area contributed by atoms with Crippen molar-refractivity contribution >= 4 is 5.78 Å². The van der Waals surface area contributed by atoms with E-state index in [0.717, 1.165) is 0 Å². The molecule has 0 spiro atoms. The van der Waals surface area contributed by atoms with Crippen molar-refractivity contribution in [3.8, 4) is 0 Å². The third kappa shape index (κ3) is 0.553. The zero-order chi connectivity index (χ0) is 6.36. The minimum atomic E-state index is -0.653. The fourth-order valence-corrected chi connectivity index (χ4v) is 0.710. The Bertz CT molecular complexity index is 134. The van der Waals surface area contributed by atoms with Crippen molar-refractivity contribution in [2.24, 2.45) is 11.5 Å². The van der Waals surface area contributed by atoms with E-state index in [1.807, 2.05) is 0 Å². The van der Waals surface area contributed by atoms with Crippen LogP contribution in [-0.2, 0) is 4.79 Å². The Balaban J connectivity index is 2.60. The maximum atomic E-state index is 10.5. The molecule has 1 rings (SSSR count). The summed E-state index contributed by atoms with van der Waals surface area (Å²) in [5.41, 5.74) is 10.2. The van der Waals surface area contributed by atoms with Gasteiger partial charge in [0.1, 0.15) is 0 Å². The Labute approximate surface area is 48.0 Å². The predicted octanol–water partition coefficient (Wildman–Crippen LogP) is -0.996. The monoisotopic (exact) mass is 114 g/mol. The van der Waals surface area contributed by atoms with Crippen LogP contribution >= 0.6 is 0 Å². The number of hydrogen-bond acceptors (Lipinski definition) is 3. The number of Topliss-reactive ketones (excluding diaryl/α,β-unsaturated/α-hetero) is 1. The van der Waals surface area contributed by atoms with Crippen LogP contribution in [0.1, 0.15) is 13.3 Å². The third-order valence-electron chi connectivity index (χ3n) is 1.71. The topological polar surface area (TPSA) is 69.1 Å². The average molecular weight is 114 g/mol. The highest BCUT2D eigenvalue weighted by atomic mass is 16.1. The van der Waals surface area contributed by atoms with Gasteiger partial charge in [-0.25, -0.2) is 0 Å². The number of carbonyl (C=O) groups excluding carboxylic acids is 1. The van der Waals surface area contributed by atoms with Crippen molar-refractivity contribution in [3.05, 3.63) is 0 Å². The Morgan fingerprint density at radius 2 is 2.25 bits per heavy atom. The first-order valence-electron chi connectivity index (χ1n) is 2.63. The summed E-state index contributed by atoms with van der Waals surface area (Å²) in [6, 6.07) is -0.0833. The molecule has 0 radical (unpaired) electrons. The number of rotatable bonds is 1. The normalized spacial score (nSPS) is 44.1. The molecule has 0 saturated heterocycles. The molecule has 0 aromatic heterocycles. The molecule has 0 amide bonds. The quantitative estimate of drug-likeness (QED) is 0.459. The van der Waals surface area contributed by atoms with Gasteiger partial charge in [0.2, 0.25) is 0 Å². The van der Waals surface area contributed by atoms with Crippen LogP contribution in [0.2, 0.25) is 0 Å². The summed E-state index contributed by atoms with van der Waals surface area (Å²) in [7, 11) is 0. The van der Waals surface area contributed by atoms with Crippen molar-refractivity contribution < 1.29 is 4.79 Å². The van der Waals surface area contributed by atoms with E-state index in [0.29, 0.717) is 6.42 Å². The molecule has 0 aliphatic heterocycles. The smallest absolute Gasteiger partial charge is 0.151 e. The van der Waals surface area contributed by atoms with Gasteiger partial charge in [0, 0.05) is 6.04 Å². The Hall–Kier alpha value is -0.410. The summed E-state index contributed by atoms with van der Waals surface area (Å²) in [4.78, 5) is 10.5. The van der Waals surface area contributed by atoms with E-state index in [9.17, 15) is 4.79 Å². The van der Waals surface area contributed by atoms with Crippen LogP contribution in [0, 0.1) is 0 Å². The summed E-state index contributed by atoms with van der Waals surface area (Å²) in [6.45, 7) is 1.48. The second kappa shape index (κ2) is 1.30. The molecule has 4 N–H and O–H groups in total. The van der Waals surface area contributed by atoms with Crippen LogP contribution in [0.3, 0.4) is 0 Å². The summed E-state index contributed by atoms with van der Waals surface area (Å²) < 4.78 is 0. The van der Waals surface area contributed by atoms with Gasteiger partial charge < -0.3 is 11.5 Å². The van der Waals surface area contributed by atoms with Gasteiger partial charge in [-0.3, -0.25) is 4.79 Å². The molecule has 8 heavy (non-hydrogen) atoms. The van der Waals surface area contributed by atoms with Gasteiger partial charge in [-0.05, 0) is 13.3 Å². The van der Waals surface area contributed by atoms with Gasteiger partial charge in [-0.1, -0.05) is 0 Å². The van der Waals surface area contributed by atoms with Crippen molar-refractivity contribution in [1.29, 1.82) is 0 Å². The lowest BCUT2D eigenvalue weighted by Crippen LogP contribution is -2.37. The van der Waals surface area contributed by atoms with E-state index in [4.69, 9.17) is 11.5 Å². The first kappa shape index (κ1) is 5.72. The lowest BCUT2D eigenvalue weighted by Gasteiger charge is -2.00. The maximum Gasteiger partial charge on any atom is 0.151 e. The standard InChI is InChI=1S/C5H10N2O/c1-3(8)5(7)2-4(5)6/h4H,2,6-7H2,1H3. The highest BCUT2D eigenvalue weighted by Gasteiger charge is 2.52. The molecule has 0 aromatic rings. The SMILES string of the molecule is CC(=O)C1(N)CC1N. The van der Waals surface area contributed by atoms with Crippen LogP contribution in [-0.4, -0.2) is 17.4 Å². The molecule has 1 saturated carbocycles. The molecule has 2 unspecified atom stereocenters. The molecule has 46 valence electrons. The minimum absolute atomic E-state index is 0.00463. The van der Waals surface area contributed by atoms with Crippen molar-refractivity contribution in [2.45, 2.75) is 24.9 Å². The van der Waals surface area contributed by atoms with Gasteiger partial charge in [0.25, 0.3) is 0 Å². The largest absolute Gasteiger partial charge is 0.326 e. The summed E-state index contributed by atoms with van der Waals surface area (Å²) in [6.07, 6.45) is 0.655. The highest BCUT2D eigenvalue weighted by Crippen LogP contribution is 2.31. The first-order chi connectivity index (χ1) is 3.57. The van der Waals surface area contributed by atoms with Crippen molar-refractivity contribution in [2.75, 3.05) is 0 Å². The average Bonchev–Trinajstić information content (AvgIpc) is 2.17. The van der Waals surface area contributed by atoms with Crippen LogP contribution < -0.4 is 11.5 Å². The van der Waals surface area contributed by atoms with Crippen molar-refractivity contribution in [3.63, 3.8) is 0 Å². The molecule has 1 aliphatic rings. The Kier molecular flexibility index (Phi) is 0.929. The fourth-order valence-electron chi connectivity index (χ4n) is 0.710. The highest BCUT2D eigenvalue weighted by molar-refractivity contribution is 5.90. The second-order valence-corrected chi connectivity index (χ2v) is 2.41. The van der Waals surface area contributed by atoms with Crippen LogP contribution in [0.25, 0.3) is 0 Å². The Morgan fingerprint density at radius 3 is 2.25 bits per heavy atom. The second-order valence-electron chi connectivity index (χ2n) is 2.41. The van der Waals surface area contributed by atoms with Gasteiger partial charge in [-0.15, -0.1) is 0 Å². The first-order valence-corrected chi connectivity index (χ1v) is 2.63. The molecule has 1 aliphatic carbocycles. The van der Waals surface area contributed by atoms with Gasteiger partial charge in [0.05, 0.1) is 5.54 Å². The summed E-state index contributed by atoms with van der Waals surface area (Å²) in [5, 5.41) is 0. The summed E-state index contributed by atoms with van der Waals surface area (Å²) >= 11 is 0. The Morgan fingerprint density at radius 1 is 1.88 bits per heavy atom. The number of hydrogen-bond donors (Lipinski definition) is 2. The van der Waals surface area contributed by atoms with Crippen LogP contribution in [0.4, 0.5) is 0 Å². The molecular weight excluding hydrogens is 104 g/mol. The van der Waals surface area contributed by atoms with E-state index in [1.165, 1.54) is 6.92 Å². The molecule has 3 heteroatoms. The molecule has 0 bridgehead atoms. The van der Waals surface area contributed by atoms with Gasteiger partial charge in [0.15, 0.2) is 5.78 Å². The van der Waals surface area contributed by atoms with Crippen LogP contribution in [0.15, 0.2) is 0 Å². The van der Waals surface area contributed by atoms with Crippen LogP contribution in [0.5, 0.6) is 0 Å². The van der Waals surface area contributed by atoms with E-state index in [-0.39, 0.29) is 11.8 Å². The molecule has 1 fully saturated rings. The number of carbonyl (C=O) groups is 1. The minimum Gasteiger partial charge on any atom is -0.326 e. The van der Waals surface area contributed by atoms with E-state index in [1.54, 1.807) is 0 Å². The fraction of sp³-hybridized carbons (Fsp3) is 0.800. The van der Waals surface area contributed by atoms with Crippen molar-refractivity contribution in [1.82, 2.24) is 0 Å². The van der Waals surface area contributed by atoms with E-state index in [2.05, 4.69) is 0 Å².